The molecule has 1 N–H and O–H groups in total. The van der Waals surface area contributed by atoms with Crippen LogP contribution in [0.1, 0.15) is 66.1 Å². The van der Waals surface area contributed by atoms with Crippen LogP contribution in [0.4, 0.5) is 0 Å². The quantitative estimate of drug-likeness (QED) is 0.375. The average Bonchev–Trinajstić information content (AvgIpc) is 2.93. The van der Waals surface area contributed by atoms with Gasteiger partial charge in [-0.2, -0.15) is 5.26 Å². The van der Waals surface area contributed by atoms with Crippen LogP contribution in [0, 0.1) is 11.3 Å². The Bertz CT molecular complexity index is 1120. The summed E-state index contributed by atoms with van der Waals surface area (Å²) in [5.74, 6) is 0.119. The van der Waals surface area contributed by atoms with Gasteiger partial charge in [0, 0.05) is 18.2 Å². The van der Waals surface area contributed by atoms with Crippen LogP contribution in [0.2, 0.25) is 0 Å². The summed E-state index contributed by atoms with van der Waals surface area (Å²) >= 11 is 0. The summed E-state index contributed by atoms with van der Waals surface area (Å²) in [6, 6.07) is 26.7. The van der Waals surface area contributed by atoms with E-state index in [0.717, 1.165) is 54.6 Å². The van der Waals surface area contributed by atoms with Gasteiger partial charge >= 0.3 is 0 Å². The summed E-state index contributed by atoms with van der Waals surface area (Å²) in [5, 5.41) is 12.4. The number of nitriles is 1. The largest absolute Gasteiger partial charge is 0.331 e. The molecule has 0 aliphatic carbocycles. The predicted molar refractivity (Wildman–Crippen MR) is 142 cm³/mol. The molecule has 4 nitrogen and oxygen atoms in total. The number of nitrogens with one attached hydrogen (secondary N) is 1. The third-order valence-corrected chi connectivity index (χ3v) is 6.93. The Balaban J connectivity index is 1.49. The Hall–Kier alpha value is -3.42. The molecule has 4 rings (SSSR count). The van der Waals surface area contributed by atoms with Crippen LogP contribution in [-0.2, 0) is 13.0 Å². The van der Waals surface area contributed by atoms with Gasteiger partial charge in [-0.1, -0.05) is 68.3 Å². The van der Waals surface area contributed by atoms with Crippen molar-refractivity contribution in [1.29, 1.82) is 5.26 Å². The van der Waals surface area contributed by atoms with Crippen molar-refractivity contribution >= 4 is 5.91 Å². The van der Waals surface area contributed by atoms with Crippen molar-refractivity contribution in [3.05, 3.63) is 95.1 Å². The van der Waals surface area contributed by atoms with Crippen molar-refractivity contribution in [2.45, 2.75) is 58.0 Å². The highest BCUT2D eigenvalue weighted by Gasteiger charge is 2.26. The summed E-state index contributed by atoms with van der Waals surface area (Å²) < 4.78 is 0. The molecule has 35 heavy (non-hydrogen) atoms. The molecule has 0 bridgehead atoms. The molecular weight excluding hydrogens is 430 g/mol. The zero-order valence-corrected chi connectivity index (χ0v) is 20.7. The lowest BCUT2D eigenvalue weighted by atomic mass is 9.99. The van der Waals surface area contributed by atoms with E-state index in [1.807, 2.05) is 36.4 Å². The third-order valence-electron chi connectivity index (χ3n) is 6.93. The van der Waals surface area contributed by atoms with E-state index in [0.29, 0.717) is 12.1 Å². The first-order valence-electron chi connectivity index (χ1n) is 12.9. The van der Waals surface area contributed by atoms with Gasteiger partial charge < -0.3 is 10.2 Å². The molecular formula is C31H35N3O. The molecule has 3 aromatic rings. The number of aryl methyl sites for hydroxylation is 1. The van der Waals surface area contributed by atoms with Crippen LogP contribution in [0.3, 0.4) is 0 Å². The fourth-order valence-electron chi connectivity index (χ4n) is 4.78. The lowest BCUT2D eigenvalue weighted by molar-refractivity contribution is 0.0623. The maximum atomic E-state index is 13.6. The molecule has 4 heteroatoms. The number of carbonyl (C=O) groups excluding carboxylic acids is 1. The van der Waals surface area contributed by atoms with Crippen molar-refractivity contribution in [2.24, 2.45) is 0 Å². The van der Waals surface area contributed by atoms with E-state index < -0.39 is 0 Å². The molecule has 0 aromatic heterocycles. The number of hydrogen-bond acceptors (Lipinski definition) is 3. The Morgan fingerprint density at radius 2 is 1.49 bits per heavy atom. The summed E-state index contributed by atoms with van der Waals surface area (Å²) in [4.78, 5) is 15.7. The van der Waals surface area contributed by atoms with Crippen LogP contribution in [0.15, 0.2) is 72.8 Å². The fourth-order valence-corrected chi connectivity index (χ4v) is 4.78. The normalized spacial score (nSPS) is 13.8. The van der Waals surface area contributed by atoms with Crippen LogP contribution in [0.25, 0.3) is 11.1 Å². The van der Waals surface area contributed by atoms with E-state index in [1.54, 1.807) is 0 Å². The van der Waals surface area contributed by atoms with Gasteiger partial charge in [0.05, 0.1) is 11.6 Å². The van der Waals surface area contributed by atoms with Crippen molar-refractivity contribution in [1.82, 2.24) is 10.2 Å². The van der Waals surface area contributed by atoms with Crippen LogP contribution in [-0.4, -0.2) is 29.9 Å². The Kier molecular flexibility index (Phi) is 8.70. The van der Waals surface area contributed by atoms with Crippen LogP contribution in [0.5, 0.6) is 0 Å². The first-order chi connectivity index (χ1) is 17.2. The zero-order valence-electron chi connectivity index (χ0n) is 20.7. The molecule has 1 saturated heterocycles. The molecule has 0 radical (unpaired) electrons. The van der Waals surface area contributed by atoms with E-state index in [9.17, 15) is 4.79 Å². The molecule has 0 spiro atoms. The molecule has 1 aliphatic heterocycles. The van der Waals surface area contributed by atoms with E-state index in [1.165, 1.54) is 24.8 Å². The second kappa shape index (κ2) is 12.3. The number of unbranched alkanes of at least 4 members (excludes halogenated alkanes) is 2. The monoisotopic (exact) mass is 465 g/mol. The summed E-state index contributed by atoms with van der Waals surface area (Å²) in [6.07, 6.45) is 6.69. The smallest absolute Gasteiger partial charge is 0.254 e. The zero-order chi connectivity index (χ0) is 24.5. The number of hydrogen-bond donors (Lipinski definition) is 1. The van der Waals surface area contributed by atoms with Crippen molar-refractivity contribution < 1.29 is 4.79 Å². The minimum Gasteiger partial charge on any atom is -0.331 e. The topological polar surface area (TPSA) is 56.1 Å². The van der Waals surface area contributed by atoms with E-state index >= 15 is 0 Å². The third kappa shape index (κ3) is 6.59. The molecule has 3 aromatic carbocycles. The van der Waals surface area contributed by atoms with E-state index in [-0.39, 0.29) is 11.9 Å². The molecule has 180 valence electrons. The van der Waals surface area contributed by atoms with Gasteiger partial charge in [-0.3, -0.25) is 4.79 Å². The van der Waals surface area contributed by atoms with Crippen LogP contribution >= 0.6 is 0 Å². The highest BCUT2D eigenvalue weighted by molar-refractivity contribution is 5.94. The summed E-state index contributed by atoms with van der Waals surface area (Å²) in [6.45, 7) is 4.72. The van der Waals surface area contributed by atoms with E-state index in [4.69, 9.17) is 5.26 Å². The maximum absolute atomic E-state index is 13.6. The van der Waals surface area contributed by atoms with Gasteiger partial charge in [-0.15, -0.1) is 0 Å². The minimum atomic E-state index is 0.119. The summed E-state index contributed by atoms with van der Waals surface area (Å²) in [7, 11) is 0. The van der Waals surface area contributed by atoms with Gasteiger partial charge in [-0.05, 0) is 85.3 Å². The number of piperidine rings is 1. The number of rotatable bonds is 9. The fraction of sp³-hybridized carbons (Fsp3) is 0.355. The van der Waals surface area contributed by atoms with Crippen molar-refractivity contribution in [3.63, 3.8) is 0 Å². The molecule has 0 atom stereocenters. The van der Waals surface area contributed by atoms with Gasteiger partial charge in [0.25, 0.3) is 5.91 Å². The van der Waals surface area contributed by atoms with Crippen molar-refractivity contribution in [3.8, 4) is 17.2 Å². The predicted octanol–water partition coefficient (Wildman–Crippen LogP) is 6.35. The number of carbonyl (C=O) groups is 1. The molecule has 1 fully saturated rings. The highest BCUT2D eigenvalue weighted by Crippen LogP contribution is 2.23. The molecule has 1 aliphatic rings. The molecule has 0 unspecified atom stereocenters. The Morgan fingerprint density at radius 3 is 2.09 bits per heavy atom. The second-order valence-corrected chi connectivity index (χ2v) is 9.45. The SMILES string of the molecule is CCCCCc1ccc(C(=O)N(Cc2ccc(-c3ccc(C#N)cc3)cc2)C2CCNCC2)cc1. The lowest BCUT2D eigenvalue weighted by Crippen LogP contribution is -2.45. The molecule has 1 heterocycles. The first kappa shape index (κ1) is 24.7. The van der Waals surface area contributed by atoms with Gasteiger partial charge in [-0.25, -0.2) is 0 Å². The number of nitrogens with zero attached hydrogens (tertiary/aromatic N) is 2. The molecule has 1 amide bonds. The van der Waals surface area contributed by atoms with Gasteiger partial charge in [0.1, 0.15) is 0 Å². The van der Waals surface area contributed by atoms with Gasteiger partial charge in [0.2, 0.25) is 0 Å². The minimum absolute atomic E-state index is 0.119. The Labute approximate surface area is 209 Å². The lowest BCUT2D eigenvalue weighted by Gasteiger charge is -2.35. The maximum Gasteiger partial charge on any atom is 0.254 e. The summed E-state index contributed by atoms with van der Waals surface area (Å²) in [5.41, 5.74) is 6.07. The standard InChI is InChI=1S/C31H35N3O/c1-2-3-4-5-24-6-16-29(17-7-24)31(35)34(30-18-20-33-21-19-30)23-26-10-14-28(15-11-26)27-12-8-25(22-32)9-13-27/h6-17,30,33H,2-5,18-21,23H2,1H3. The van der Waals surface area contributed by atoms with Crippen molar-refractivity contribution in [2.75, 3.05) is 13.1 Å². The number of benzene rings is 3. The van der Waals surface area contributed by atoms with Crippen LogP contribution < -0.4 is 5.32 Å². The number of amides is 1. The van der Waals surface area contributed by atoms with Gasteiger partial charge in [0.15, 0.2) is 0 Å². The highest BCUT2D eigenvalue weighted by atomic mass is 16.2. The first-order valence-corrected chi connectivity index (χ1v) is 12.9. The molecule has 0 saturated carbocycles. The average molecular weight is 466 g/mol. The second-order valence-electron chi connectivity index (χ2n) is 9.45. The van der Waals surface area contributed by atoms with E-state index in [2.05, 4.69) is 59.6 Å². The Morgan fingerprint density at radius 1 is 0.886 bits per heavy atom.